The fourth-order valence-electron chi connectivity index (χ4n) is 0.882. The second kappa shape index (κ2) is 10.7. The van der Waals surface area contributed by atoms with E-state index in [1.54, 1.807) is 0 Å². The maximum atomic E-state index is 5.68. The van der Waals surface area contributed by atoms with Gasteiger partial charge in [0.1, 0.15) is 0 Å². The predicted octanol–water partition coefficient (Wildman–Crippen LogP) is 3.22. The lowest BCUT2D eigenvalue weighted by Crippen LogP contribution is -2.35. The highest BCUT2D eigenvalue weighted by atomic mass is 35.5. The maximum Gasteiger partial charge on any atom is 0.674 e. The van der Waals surface area contributed by atoms with Crippen molar-refractivity contribution in [2.24, 2.45) is 0 Å². The van der Waals surface area contributed by atoms with Gasteiger partial charge in [0.2, 0.25) is 0 Å². The van der Waals surface area contributed by atoms with Crippen molar-refractivity contribution in [2.45, 2.75) is 24.4 Å². The van der Waals surface area contributed by atoms with E-state index in [-0.39, 0.29) is 12.2 Å². The SMILES string of the molecule is C[CH2][Al]([O]C(CCl)CCl)[O]C(CCl)CCl. The highest BCUT2D eigenvalue weighted by molar-refractivity contribution is 6.44. The molecular weight excluding hydrogens is 297 g/mol. The van der Waals surface area contributed by atoms with Crippen LogP contribution in [0.5, 0.6) is 0 Å². The first kappa shape index (κ1) is 16.6. The van der Waals surface area contributed by atoms with Crippen molar-refractivity contribution in [2.75, 3.05) is 23.5 Å². The molecule has 90 valence electrons. The summed E-state index contributed by atoms with van der Waals surface area (Å²) in [4.78, 5) is 0. The Hall–Kier alpha value is 1.61. The van der Waals surface area contributed by atoms with Crippen LogP contribution in [0.4, 0.5) is 0 Å². The number of rotatable bonds is 9. The van der Waals surface area contributed by atoms with Gasteiger partial charge in [0.15, 0.2) is 0 Å². The van der Waals surface area contributed by atoms with Gasteiger partial charge in [-0.1, -0.05) is 6.92 Å². The zero-order valence-corrected chi connectivity index (χ0v) is 12.8. The van der Waals surface area contributed by atoms with E-state index in [2.05, 4.69) is 0 Å². The molecule has 0 aliphatic carbocycles. The fraction of sp³-hybridized carbons (Fsp3) is 1.00. The van der Waals surface area contributed by atoms with Crippen LogP contribution in [-0.2, 0) is 7.58 Å². The normalized spacial score (nSPS) is 11.4. The number of alkyl halides is 4. The molecule has 0 amide bonds. The third-order valence-electron chi connectivity index (χ3n) is 1.71. The van der Waals surface area contributed by atoms with Crippen molar-refractivity contribution >= 4 is 61.2 Å². The molecule has 0 spiro atoms. The van der Waals surface area contributed by atoms with Gasteiger partial charge in [-0.2, -0.15) is 0 Å². The zero-order chi connectivity index (χ0) is 11.7. The monoisotopic (exact) mass is 310 g/mol. The molecule has 0 radical (unpaired) electrons. The van der Waals surface area contributed by atoms with E-state index in [1.807, 2.05) is 6.92 Å². The molecule has 0 aliphatic heterocycles. The van der Waals surface area contributed by atoms with Crippen LogP contribution in [0.2, 0.25) is 5.28 Å². The van der Waals surface area contributed by atoms with Gasteiger partial charge < -0.3 is 7.58 Å². The minimum Gasteiger partial charge on any atom is -0.474 e. The molecule has 0 saturated heterocycles. The highest BCUT2D eigenvalue weighted by Crippen LogP contribution is 2.09. The average Bonchev–Trinajstić information content (AvgIpc) is 2.30. The summed E-state index contributed by atoms with van der Waals surface area (Å²) < 4.78 is 11.3. The molecule has 0 atom stereocenters. The quantitative estimate of drug-likeness (QED) is 0.481. The Labute approximate surface area is 116 Å². The van der Waals surface area contributed by atoms with Crippen LogP contribution in [-0.4, -0.2) is 50.5 Å². The van der Waals surface area contributed by atoms with E-state index in [0.717, 1.165) is 5.28 Å². The standard InChI is InChI=1S/2C3H5Cl2O.C2H5.Al/c2*4-1-3(6)2-5;1-2;/h2*3H,1-2H2;1H2,2H3;/q2*-1;;+2. The summed E-state index contributed by atoms with van der Waals surface area (Å²) in [6.45, 7) is 2.01. The van der Waals surface area contributed by atoms with Crippen molar-refractivity contribution in [1.82, 2.24) is 0 Å². The topological polar surface area (TPSA) is 18.5 Å². The first-order valence-electron chi connectivity index (χ1n) is 4.76. The Morgan fingerprint density at radius 2 is 1.20 bits per heavy atom. The highest BCUT2D eigenvalue weighted by Gasteiger charge is 2.29. The Morgan fingerprint density at radius 1 is 0.867 bits per heavy atom. The van der Waals surface area contributed by atoms with E-state index in [9.17, 15) is 0 Å². The van der Waals surface area contributed by atoms with Crippen LogP contribution in [0.3, 0.4) is 0 Å². The molecule has 0 unspecified atom stereocenters. The molecule has 0 rings (SSSR count). The first-order valence-corrected chi connectivity index (χ1v) is 8.66. The molecule has 0 fully saturated rings. The molecule has 0 aromatic carbocycles. The van der Waals surface area contributed by atoms with Crippen LogP contribution in [0.25, 0.3) is 0 Å². The van der Waals surface area contributed by atoms with E-state index in [0.29, 0.717) is 23.5 Å². The van der Waals surface area contributed by atoms with E-state index >= 15 is 0 Å². The summed E-state index contributed by atoms with van der Waals surface area (Å²) in [7, 11) is 0. The van der Waals surface area contributed by atoms with E-state index in [1.165, 1.54) is 0 Å². The third-order valence-corrected chi connectivity index (χ3v) is 5.13. The molecule has 0 N–H and O–H groups in total. The lowest BCUT2D eigenvalue weighted by atomic mass is 10.5. The Morgan fingerprint density at radius 3 is 1.40 bits per heavy atom. The van der Waals surface area contributed by atoms with Crippen LogP contribution in [0.15, 0.2) is 0 Å². The summed E-state index contributed by atoms with van der Waals surface area (Å²) in [5.74, 6) is 1.51. The van der Waals surface area contributed by atoms with Gasteiger partial charge in [-0.05, 0) is 5.28 Å². The van der Waals surface area contributed by atoms with Gasteiger partial charge in [0.25, 0.3) is 0 Å². The molecular formula is C8H15AlCl4O2. The maximum absolute atomic E-state index is 5.68. The molecule has 15 heavy (non-hydrogen) atoms. The predicted molar refractivity (Wildman–Crippen MR) is 68.9 cm³/mol. The minimum absolute atomic E-state index is 0.142. The van der Waals surface area contributed by atoms with E-state index in [4.69, 9.17) is 54.0 Å². The van der Waals surface area contributed by atoms with Crippen LogP contribution in [0, 0.1) is 0 Å². The molecule has 0 aliphatic rings. The molecule has 0 aromatic rings. The fourth-order valence-corrected chi connectivity index (χ4v) is 4.01. The van der Waals surface area contributed by atoms with Gasteiger partial charge in [0, 0.05) is 23.5 Å². The summed E-state index contributed by atoms with van der Waals surface area (Å²) in [5.41, 5.74) is 0. The van der Waals surface area contributed by atoms with Crippen molar-refractivity contribution in [3.63, 3.8) is 0 Å². The van der Waals surface area contributed by atoms with Crippen LogP contribution in [0.1, 0.15) is 6.92 Å². The summed E-state index contributed by atoms with van der Waals surface area (Å²) in [6, 6.07) is 0. The van der Waals surface area contributed by atoms with Crippen molar-refractivity contribution in [3.8, 4) is 0 Å². The lowest BCUT2D eigenvalue weighted by molar-refractivity contribution is 0.136. The molecule has 0 bridgehead atoms. The molecule has 7 heteroatoms. The second-order valence-electron chi connectivity index (χ2n) is 2.97. The average molecular weight is 312 g/mol. The largest absolute Gasteiger partial charge is 0.674 e. The smallest absolute Gasteiger partial charge is 0.474 e. The van der Waals surface area contributed by atoms with Crippen molar-refractivity contribution < 1.29 is 7.58 Å². The summed E-state index contributed by atoms with van der Waals surface area (Å²) in [6.07, 6.45) is -0.285. The van der Waals surface area contributed by atoms with Gasteiger partial charge in [-0.25, -0.2) is 0 Å². The Kier molecular flexibility index (Phi) is 11.9. The van der Waals surface area contributed by atoms with Gasteiger partial charge in [0.05, 0.1) is 12.2 Å². The Bertz CT molecular complexity index is 131. The van der Waals surface area contributed by atoms with Crippen molar-refractivity contribution in [3.05, 3.63) is 0 Å². The summed E-state index contributed by atoms with van der Waals surface area (Å²) >= 11 is 21.0. The number of hydrogen-bond acceptors (Lipinski definition) is 2. The van der Waals surface area contributed by atoms with E-state index < -0.39 is 14.8 Å². The minimum atomic E-state index is -1.74. The molecule has 2 nitrogen and oxygen atoms in total. The molecule has 0 aromatic heterocycles. The number of halogens is 4. The summed E-state index contributed by atoms with van der Waals surface area (Å²) in [5, 5.41) is 0.842. The second-order valence-corrected chi connectivity index (χ2v) is 6.43. The van der Waals surface area contributed by atoms with Crippen LogP contribution >= 0.6 is 46.4 Å². The van der Waals surface area contributed by atoms with Gasteiger partial charge >= 0.3 is 14.8 Å². The van der Waals surface area contributed by atoms with Crippen molar-refractivity contribution in [1.29, 1.82) is 0 Å². The first-order chi connectivity index (χ1) is 7.21. The van der Waals surface area contributed by atoms with Gasteiger partial charge in [-0.3, -0.25) is 0 Å². The zero-order valence-electron chi connectivity index (χ0n) is 8.60. The molecule has 0 heterocycles. The Balaban J connectivity index is 4.00. The molecule has 0 saturated carbocycles. The third kappa shape index (κ3) is 7.52. The van der Waals surface area contributed by atoms with Gasteiger partial charge in [-0.15, -0.1) is 46.4 Å². The lowest BCUT2D eigenvalue weighted by Gasteiger charge is -2.21. The van der Waals surface area contributed by atoms with Crippen LogP contribution < -0.4 is 0 Å². The number of hydrogen-bond donors (Lipinski definition) is 0.